The third-order valence-electron chi connectivity index (χ3n) is 4.34. The molecule has 0 aliphatic carbocycles. The van der Waals surface area contributed by atoms with Gasteiger partial charge in [-0.05, 0) is 44.1 Å². The molecule has 7 heteroatoms. The second kappa shape index (κ2) is 6.00. The van der Waals surface area contributed by atoms with E-state index in [1.54, 1.807) is 32.3 Å². The van der Waals surface area contributed by atoms with Crippen LogP contribution in [0.25, 0.3) is 11.0 Å². The van der Waals surface area contributed by atoms with Crippen LogP contribution in [0.1, 0.15) is 12.8 Å². The fourth-order valence-electron chi connectivity index (χ4n) is 3.00. The molecule has 1 amide bonds. The van der Waals surface area contributed by atoms with Gasteiger partial charge in [0.25, 0.3) is 0 Å². The average Bonchev–Trinajstić information content (AvgIpc) is 3.03. The molecule has 0 unspecified atom stereocenters. The summed E-state index contributed by atoms with van der Waals surface area (Å²) in [6, 6.07) is 5.20. The molecule has 2 aromatic rings. The third-order valence-corrected chi connectivity index (χ3v) is 4.34. The van der Waals surface area contributed by atoms with Crippen molar-refractivity contribution in [2.24, 2.45) is 14.1 Å². The van der Waals surface area contributed by atoms with Crippen LogP contribution in [0, 0.1) is 0 Å². The Bertz CT molecular complexity index is 875. The summed E-state index contributed by atoms with van der Waals surface area (Å²) in [6.45, 7) is 2.30. The number of hydrogen-bond acceptors (Lipinski definition) is 4. The summed E-state index contributed by atoms with van der Waals surface area (Å²) in [6.07, 6.45) is 2.28. The maximum Gasteiger partial charge on any atom is 0.316 e. The molecule has 1 aromatic heterocycles. The Hall–Kier alpha value is -2.41. The summed E-state index contributed by atoms with van der Waals surface area (Å²) in [5.74, 6) is -0.0685. The van der Waals surface area contributed by atoms with Gasteiger partial charge in [0.2, 0.25) is 5.91 Å². The van der Waals surface area contributed by atoms with Crippen molar-refractivity contribution in [3.63, 3.8) is 0 Å². The first-order valence-corrected chi connectivity index (χ1v) is 7.69. The molecule has 1 N–H and O–H groups in total. The first kappa shape index (κ1) is 15.5. The number of carbonyl (C=O) groups excluding carboxylic acids is 1. The molecule has 0 atom stereocenters. The van der Waals surface area contributed by atoms with Crippen molar-refractivity contribution in [2.75, 3.05) is 25.0 Å². The van der Waals surface area contributed by atoms with E-state index in [-0.39, 0.29) is 5.91 Å². The van der Waals surface area contributed by atoms with Crippen molar-refractivity contribution < 1.29 is 4.79 Å². The predicted octanol–water partition coefficient (Wildman–Crippen LogP) is 0.271. The topological polar surface area (TPSA) is 76.3 Å². The Morgan fingerprint density at radius 1 is 1.04 bits per heavy atom. The van der Waals surface area contributed by atoms with Gasteiger partial charge in [0, 0.05) is 19.8 Å². The number of hydrogen-bond donors (Lipinski definition) is 1. The lowest BCUT2D eigenvalue weighted by Crippen LogP contribution is -2.39. The van der Waals surface area contributed by atoms with Gasteiger partial charge in [-0.2, -0.15) is 0 Å². The zero-order valence-corrected chi connectivity index (χ0v) is 13.3. The van der Waals surface area contributed by atoms with Crippen LogP contribution in [-0.4, -0.2) is 39.6 Å². The van der Waals surface area contributed by atoms with Crippen LogP contribution in [-0.2, 0) is 18.9 Å². The fraction of sp³-hybridized carbons (Fsp3) is 0.438. The Kier molecular flexibility index (Phi) is 4.04. The fourth-order valence-corrected chi connectivity index (χ4v) is 3.00. The van der Waals surface area contributed by atoms with Gasteiger partial charge in [-0.3, -0.25) is 19.3 Å². The predicted molar refractivity (Wildman–Crippen MR) is 88.7 cm³/mol. The van der Waals surface area contributed by atoms with Gasteiger partial charge in [0.05, 0.1) is 17.6 Å². The van der Waals surface area contributed by atoms with E-state index in [2.05, 4.69) is 10.2 Å². The van der Waals surface area contributed by atoms with E-state index in [9.17, 15) is 14.4 Å². The molecular formula is C16H20N4O3. The van der Waals surface area contributed by atoms with Crippen molar-refractivity contribution in [3.8, 4) is 0 Å². The van der Waals surface area contributed by atoms with Crippen LogP contribution in [0.15, 0.2) is 27.8 Å². The van der Waals surface area contributed by atoms with Crippen LogP contribution in [0.3, 0.4) is 0 Å². The molecule has 0 saturated carbocycles. The number of carbonyl (C=O) groups is 1. The van der Waals surface area contributed by atoms with Gasteiger partial charge in [0.1, 0.15) is 0 Å². The molecule has 0 radical (unpaired) electrons. The number of aryl methyl sites for hydroxylation is 2. The Morgan fingerprint density at radius 2 is 1.65 bits per heavy atom. The number of fused-ring (bicyclic) bond motifs is 1. The Labute approximate surface area is 133 Å². The minimum atomic E-state index is -0.583. The van der Waals surface area contributed by atoms with E-state index in [0.717, 1.165) is 25.9 Å². The molecule has 1 fully saturated rings. The largest absolute Gasteiger partial charge is 0.325 e. The zero-order valence-electron chi connectivity index (χ0n) is 13.3. The van der Waals surface area contributed by atoms with Crippen molar-refractivity contribution in [1.29, 1.82) is 0 Å². The second-order valence-corrected chi connectivity index (χ2v) is 5.96. The van der Waals surface area contributed by atoms with E-state index in [1.807, 2.05) is 0 Å². The van der Waals surface area contributed by atoms with Crippen LogP contribution in [0.4, 0.5) is 5.69 Å². The smallest absolute Gasteiger partial charge is 0.316 e. The summed E-state index contributed by atoms with van der Waals surface area (Å²) in [5.41, 5.74) is 0.729. The number of aromatic nitrogens is 2. The molecule has 122 valence electrons. The average molecular weight is 316 g/mol. The van der Waals surface area contributed by atoms with Gasteiger partial charge < -0.3 is 14.5 Å². The van der Waals surface area contributed by atoms with E-state index in [4.69, 9.17) is 0 Å². The molecular weight excluding hydrogens is 296 g/mol. The number of nitrogens with one attached hydrogen (secondary N) is 1. The van der Waals surface area contributed by atoms with Crippen LogP contribution >= 0.6 is 0 Å². The van der Waals surface area contributed by atoms with Crippen LogP contribution in [0.5, 0.6) is 0 Å². The van der Waals surface area contributed by atoms with E-state index < -0.39 is 11.1 Å². The lowest BCUT2D eigenvalue weighted by Gasteiger charge is -2.15. The lowest BCUT2D eigenvalue weighted by molar-refractivity contribution is -0.117. The highest BCUT2D eigenvalue weighted by molar-refractivity contribution is 5.94. The Morgan fingerprint density at radius 3 is 2.30 bits per heavy atom. The van der Waals surface area contributed by atoms with Crippen LogP contribution < -0.4 is 16.4 Å². The molecule has 3 rings (SSSR count). The van der Waals surface area contributed by atoms with Crippen molar-refractivity contribution >= 4 is 22.6 Å². The maximum absolute atomic E-state index is 12.1. The minimum Gasteiger partial charge on any atom is -0.325 e. The number of amides is 1. The maximum atomic E-state index is 12.1. The standard InChI is InChI=1S/C16H20N4O3/c1-18-12-6-5-11(9-13(12)19(2)16(23)15(18)22)17-14(21)10-20-7-3-4-8-20/h5-6,9H,3-4,7-8,10H2,1-2H3,(H,17,21). The van der Waals surface area contributed by atoms with Gasteiger partial charge in [-0.1, -0.05) is 0 Å². The SMILES string of the molecule is Cn1c(=O)c(=O)n(C)c2cc(NC(=O)CN3CCCC3)ccc21. The van der Waals surface area contributed by atoms with Gasteiger partial charge >= 0.3 is 11.1 Å². The lowest BCUT2D eigenvalue weighted by atomic mass is 10.2. The number of benzene rings is 1. The quantitative estimate of drug-likeness (QED) is 0.825. The Balaban J connectivity index is 1.89. The van der Waals surface area contributed by atoms with E-state index >= 15 is 0 Å². The number of likely N-dealkylation sites (tertiary alicyclic amines) is 1. The summed E-state index contributed by atoms with van der Waals surface area (Å²) in [7, 11) is 3.12. The van der Waals surface area contributed by atoms with Gasteiger partial charge in [-0.15, -0.1) is 0 Å². The third kappa shape index (κ3) is 2.92. The minimum absolute atomic E-state index is 0.0685. The van der Waals surface area contributed by atoms with Gasteiger partial charge in [-0.25, -0.2) is 0 Å². The molecule has 23 heavy (non-hydrogen) atoms. The first-order chi connectivity index (χ1) is 11.0. The van der Waals surface area contributed by atoms with Crippen molar-refractivity contribution in [1.82, 2.24) is 14.0 Å². The molecule has 1 aliphatic heterocycles. The second-order valence-electron chi connectivity index (χ2n) is 5.96. The van der Waals surface area contributed by atoms with E-state index in [0.29, 0.717) is 23.3 Å². The summed E-state index contributed by atoms with van der Waals surface area (Å²) >= 11 is 0. The zero-order chi connectivity index (χ0) is 16.6. The summed E-state index contributed by atoms with van der Waals surface area (Å²) in [4.78, 5) is 37.9. The highest BCUT2D eigenvalue weighted by Gasteiger charge is 2.15. The molecule has 2 heterocycles. The highest BCUT2D eigenvalue weighted by Crippen LogP contribution is 2.16. The monoisotopic (exact) mass is 316 g/mol. The molecule has 0 spiro atoms. The molecule has 0 bridgehead atoms. The van der Waals surface area contributed by atoms with Crippen molar-refractivity contribution in [3.05, 3.63) is 38.9 Å². The van der Waals surface area contributed by atoms with Crippen molar-refractivity contribution in [2.45, 2.75) is 12.8 Å². The molecule has 1 aromatic carbocycles. The number of anilines is 1. The summed E-state index contributed by atoms with van der Waals surface area (Å²) in [5, 5.41) is 2.86. The summed E-state index contributed by atoms with van der Waals surface area (Å²) < 4.78 is 2.64. The molecule has 7 nitrogen and oxygen atoms in total. The number of rotatable bonds is 3. The molecule has 1 aliphatic rings. The molecule has 1 saturated heterocycles. The first-order valence-electron chi connectivity index (χ1n) is 7.69. The van der Waals surface area contributed by atoms with Gasteiger partial charge in [0.15, 0.2) is 0 Å². The van der Waals surface area contributed by atoms with Crippen LogP contribution in [0.2, 0.25) is 0 Å². The van der Waals surface area contributed by atoms with E-state index in [1.165, 1.54) is 9.13 Å². The normalized spacial score (nSPS) is 15.2. The highest BCUT2D eigenvalue weighted by atomic mass is 16.2. The number of nitrogens with zero attached hydrogens (tertiary/aromatic N) is 3.